The fourth-order valence-corrected chi connectivity index (χ4v) is 2.46. The third-order valence-electron chi connectivity index (χ3n) is 4.09. The molecule has 0 aromatic heterocycles. The molecule has 5 heteroatoms. The number of esters is 1. The lowest BCUT2D eigenvalue weighted by atomic mass is 10.2. The average molecular weight is 369 g/mol. The van der Waals surface area contributed by atoms with Gasteiger partial charge in [0.15, 0.2) is 6.61 Å². The van der Waals surface area contributed by atoms with Gasteiger partial charge in [0.2, 0.25) is 0 Å². The summed E-state index contributed by atoms with van der Waals surface area (Å²) in [5.41, 5.74) is 2.29. The molecule has 0 spiro atoms. The Bertz CT molecular complexity index is 723. The summed E-state index contributed by atoms with van der Waals surface area (Å²) in [6.45, 7) is 4.54. The van der Waals surface area contributed by atoms with Crippen LogP contribution >= 0.6 is 0 Å². The normalized spacial score (nSPS) is 10.3. The van der Waals surface area contributed by atoms with Crippen molar-refractivity contribution in [3.05, 3.63) is 59.7 Å². The zero-order valence-corrected chi connectivity index (χ0v) is 16.0. The Morgan fingerprint density at radius 3 is 2.26 bits per heavy atom. The number of hydrogen-bond donors (Lipinski definition) is 1. The molecule has 0 aliphatic carbocycles. The van der Waals surface area contributed by atoms with E-state index in [1.807, 2.05) is 24.3 Å². The summed E-state index contributed by atoms with van der Waals surface area (Å²) < 4.78 is 10.7. The van der Waals surface area contributed by atoms with Gasteiger partial charge in [0.25, 0.3) is 5.91 Å². The highest BCUT2D eigenvalue weighted by Gasteiger charge is 2.08. The first kappa shape index (κ1) is 20.5. The predicted molar refractivity (Wildman–Crippen MR) is 106 cm³/mol. The summed E-state index contributed by atoms with van der Waals surface area (Å²) >= 11 is 0. The van der Waals surface area contributed by atoms with Crippen LogP contribution in [0.4, 0.5) is 5.69 Å². The minimum atomic E-state index is -0.345. The molecular formula is C22H27NO4. The van der Waals surface area contributed by atoms with Gasteiger partial charge in [-0.2, -0.15) is 0 Å². The van der Waals surface area contributed by atoms with Crippen LogP contribution in [0.2, 0.25) is 0 Å². The lowest BCUT2D eigenvalue weighted by Crippen LogP contribution is -2.20. The second kappa shape index (κ2) is 11.0. The summed E-state index contributed by atoms with van der Waals surface area (Å²) in [5.74, 6) is 0.0517. The Balaban J connectivity index is 1.77. The standard InChI is InChI=1S/C22H27NO4/c1-3-5-6-15-26-22(25)18-9-11-19(12-10-18)23-21(24)16-27-20-13-7-17(4-2)8-14-20/h7-14H,3-6,15-16H2,1-2H3,(H,23,24). The summed E-state index contributed by atoms with van der Waals surface area (Å²) in [4.78, 5) is 23.9. The van der Waals surface area contributed by atoms with Crippen LogP contribution in [0.1, 0.15) is 49.0 Å². The van der Waals surface area contributed by atoms with E-state index in [9.17, 15) is 9.59 Å². The number of nitrogens with one attached hydrogen (secondary N) is 1. The Labute approximate surface area is 160 Å². The first-order valence-electron chi connectivity index (χ1n) is 9.41. The molecule has 0 aliphatic heterocycles. The topological polar surface area (TPSA) is 64.6 Å². The quantitative estimate of drug-likeness (QED) is 0.490. The van der Waals surface area contributed by atoms with Crippen molar-refractivity contribution in [1.29, 1.82) is 0 Å². The first-order valence-corrected chi connectivity index (χ1v) is 9.41. The molecule has 144 valence electrons. The highest BCUT2D eigenvalue weighted by atomic mass is 16.5. The summed E-state index contributed by atoms with van der Waals surface area (Å²) in [5, 5.41) is 2.74. The number of benzene rings is 2. The molecular weight excluding hydrogens is 342 g/mol. The number of rotatable bonds is 10. The fourth-order valence-electron chi connectivity index (χ4n) is 2.46. The van der Waals surface area contributed by atoms with Crippen molar-refractivity contribution in [2.45, 2.75) is 39.5 Å². The van der Waals surface area contributed by atoms with Gasteiger partial charge in [0.05, 0.1) is 12.2 Å². The molecule has 2 rings (SSSR count). The van der Waals surface area contributed by atoms with Gasteiger partial charge >= 0.3 is 5.97 Å². The third kappa shape index (κ3) is 7.13. The molecule has 0 heterocycles. The van der Waals surface area contributed by atoms with Crippen LogP contribution in [0.15, 0.2) is 48.5 Å². The van der Waals surface area contributed by atoms with Crippen LogP contribution in [-0.4, -0.2) is 25.1 Å². The highest BCUT2D eigenvalue weighted by molar-refractivity contribution is 5.93. The van der Waals surface area contributed by atoms with E-state index in [0.29, 0.717) is 23.6 Å². The van der Waals surface area contributed by atoms with Crippen LogP contribution in [0.5, 0.6) is 5.75 Å². The molecule has 2 aromatic carbocycles. The molecule has 0 saturated heterocycles. The monoisotopic (exact) mass is 369 g/mol. The minimum Gasteiger partial charge on any atom is -0.484 e. The molecule has 27 heavy (non-hydrogen) atoms. The maximum atomic E-state index is 12.0. The van der Waals surface area contributed by atoms with Crippen molar-refractivity contribution in [2.24, 2.45) is 0 Å². The fraction of sp³-hybridized carbons (Fsp3) is 0.364. The molecule has 5 nitrogen and oxygen atoms in total. The smallest absolute Gasteiger partial charge is 0.338 e. The molecule has 1 amide bonds. The Morgan fingerprint density at radius 2 is 1.63 bits per heavy atom. The molecule has 0 saturated carbocycles. The molecule has 0 fully saturated rings. The SMILES string of the molecule is CCCCCOC(=O)c1ccc(NC(=O)COc2ccc(CC)cc2)cc1. The van der Waals surface area contributed by atoms with Gasteiger partial charge in [-0.25, -0.2) is 4.79 Å². The molecule has 1 N–H and O–H groups in total. The van der Waals surface area contributed by atoms with E-state index < -0.39 is 0 Å². The average Bonchev–Trinajstić information content (AvgIpc) is 2.70. The lowest BCUT2D eigenvalue weighted by Gasteiger charge is -2.09. The van der Waals surface area contributed by atoms with E-state index in [4.69, 9.17) is 9.47 Å². The Morgan fingerprint density at radius 1 is 0.926 bits per heavy atom. The van der Waals surface area contributed by atoms with Crippen molar-refractivity contribution in [3.63, 3.8) is 0 Å². The Hall–Kier alpha value is -2.82. The maximum absolute atomic E-state index is 12.0. The molecule has 0 bridgehead atoms. The van der Waals surface area contributed by atoms with Crippen LogP contribution in [0.3, 0.4) is 0 Å². The zero-order valence-electron chi connectivity index (χ0n) is 16.0. The van der Waals surface area contributed by atoms with E-state index in [-0.39, 0.29) is 18.5 Å². The van der Waals surface area contributed by atoms with Crippen molar-refractivity contribution in [3.8, 4) is 5.75 Å². The number of unbranched alkanes of at least 4 members (excludes halogenated alkanes) is 2. The molecule has 0 radical (unpaired) electrons. The lowest BCUT2D eigenvalue weighted by molar-refractivity contribution is -0.118. The second-order valence-corrected chi connectivity index (χ2v) is 6.25. The number of aryl methyl sites for hydroxylation is 1. The number of hydrogen-bond acceptors (Lipinski definition) is 4. The minimum absolute atomic E-state index is 0.0767. The number of carbonyl (C=O) groups excluding carboxylic acids is 2. The van der Waals surface area contributed by atoms with E-state index in [1.165, 1.54) is 5.56 Å². The second-order valence-electron chi connectivity index (χ2n) is 6.25. The molecule has 2 aromatic rings. The summed E-state index contributed by atoms with van der Waals surface area (Å²) in [6, 6.07) is 14.3. The van der Waals surface area contributed by atoms with Crippen LogP contribution in [-0.2, 0) is 16.0 Å². The Kier molecular flexibility index (Phi) is 8.36. The molecule has 0 aliphatic rings. The van der Waals surface area contributed by atoms with Gasteiger partial charge in [-0.15, -0.1) is 0 Å². The van der Waals surface area contributed by atoms with Crippen molar-refractivity contribution < 1.29 is 19.1 Å². The highest BCUT2D eigenvalue weighted by Crippen LogP contribution is 2.14. The number of ether oxygens (including phenoxy) is 2. The van der Waals surface area contributed by atoms with Gasteiger partial charge in [0.1, 0.15) is 5.75 Å². The van der Waals surface area contributed by atoms with E-state index in [1.54, 1.807) is 24.3 Å². The number of amides is 1. The van der Waals surface area contributed by atoms with Gasteiger partial charge in [-0.1, -0.05) is 38.8 Å². The van der Waals surface area contributed by atoms with Gasteiger partial charge in [-0.05, 0) is 54.8 Å². The number of anilines is 1. The zero-order chi connectivity index (χ0) is 19.5. The molecule has 0 atom stereocenters. The number of carbonyl (C=O) groups is 2. The predicted octanol–water partition coefficient (Wildman–Crippen LogP) is 4.61. The van der Waals surface area contributed by atoms with Gasteiger partial charge in [-0.3, -0.25) is 4.79 Å². The van der Waals surface area contributed by atoms with Crippen molar-refractivity contribution in [1.82, 2.24) is 0 Å². The summed E-state index contributed by atoms with van der Waals surface area (Å²) in [7, 11) is 0. The van der Waals surface area contributed by atoms with E-state index in [2.05, 4.69) is 19.2 Å². The largest absolute Gasteiger partial charge is 0.484 e. The van der Waals surface area contributed by atoms with E-state index >= 15 is 0 Å². The van der Waals surface area contributed by atoms with Gasteiger partial charge in [0, 0.05) is 5.69 Å². The molecule has 0 unspecified atom stereocenters. The van der Waals surface area contributed by atoms with Crippen molar-refractivity contribution >= 4 is 17.6 Å². The first-order chi connectivity index (χ1) is 13.1. The van der Waals surface area contributed by atoms with Crippen molar-refractivity contribution in [2.75, 3.05) is 18.5 Å². The summed E-state index contributed by atoms with van der Waals surface area (Å²) in [6.07, 6.45) is 3.96. The van der Waals surface area contributed by atoms with E-state index in [0.717, 1.165) is 25.7 Å². The van der Waals surface area contributed by atoms with Crippen LogP contribution in [0.25, 0.3) is 0 Å². The van der Waals surface area contributed by atoms with Crippen LogP contribution in [0, 0.1) is 0 Å². The maximum Gasteiger partial charge on any atom is 0.338 e. The van der Waals surface area contributed by atoms with Crippen LogP contribution < -0.4 is 10.1 Å². The third-order valence-corrected chi connectivity index (χ3v) is 4.09. The van der Waals surface area contributed by atoms with Gasteiger partial charge < -0.3 is 14.8 Å².